The molecule has 0 radical (unpaired) electrons. The van der Waals surface area contributed by atoms with Crippen LogP contribution < -0.4 is 0 Å². The third-order valence-corrected chi connectivity index (χ3v) is 10.6. The van der Waals surface area contributed by atoms with Crippen LogP contribution in [0.5, 0.6) is 0 Å². The van der Waals surface area contributed by atoms with E-state index in [-0.39, 0.29) is 31.1 Å². The minimum Gasteiger partial charge on any atom is -0.462 e. The van der Waals surface area contributed by atoms with Crippen LogP contribution in [0.4, 0.5) is 0 Å². The van der Waals surface area contributed by atoms with Crippen LogP contribution in [-0.4, -0.2) is 37.2 Å². The Balaban J connectivity index is 4.12. The monoisotopic (exact) mass is 875 g/mol. The van der Waals surface area contributed by atoms with Crippen molar-refractivity contribution in [1.82, 2.24) is 0 Å². The number of carbonyl (C=O) groups is 3. The van der Waals surface area contributed by atoms with Crippen LogP contribution in [-0.2, 0) is 28.6 Å². The van der Waals surface area contributed by atoms with Gasteiger partial charge in [0.05, 0.1) is 0 Å². The summed E-state index contributed by atoms with van der Waals surface area (Å²) in [5.41, 5.74) is 0. The highest BCUT2D eigenvalue weighted by Crippen LogP contribution is 2.13. The van der Waals surface area contributed by atoms with E-state index >= 15 is 0 Å². The Morgan fingerprint density at radius 2 is 0.651 bits per heavy atom. The summed E-state index contributed by atoms with van der Waals surface area (Å²) in [5, 5.41) is 0. The third kappa shape index (κ3) is 49.2. The number of hydrogen-bond donors (Lipinski definition) is 0. The lowest BCUT2D eigenvalue weighted by Gasteiger charge is -2.18. The summed E-state index contributed by atoms with van der Waals surface area (Å²) in [7, 11) is 0. The SMILES string of the molecule is CC/C=C\C/C=C\C/C=C\C/C=C\C/C=C\C/C=C\C/C=C\CCCCCCCCCC(=O)OCC(COC(=O)CCCCCCCC)OC(=O)CCCCCCC/C=C\CCC. The van der Waals surface area contributed by atoms with Gasteiger partial charge < -0.3 is 14.2 Å². The first-order valence-corrected chi connectivity index (χ1v) is 25.7. The molecule has 0 aliphatic rings. The molecule has 358 valence electrons. The van der Waals surface area contributed by atoms with Crippen molar-refractivity contribution in [2.75, 3.05) is 13.2 Å². The van der Waals surface area contributed by atoms with Gasteiger partial charge in [0.25, 0.3) is 0 Å². The fraction of sp³-hybridized carbons (Fsp3) is 0.667. The summed E-state index contributed by atoms with van der Waals surface area (Å²) in [4.78, 5) is 37.6. The predicted octanol–water partition coefficient (Wildman–Crippen LogP) is 17.0. The van der Waals surface area contributed by atoms with E-state index in [1.54, 1.807) is 0 Å². The molecule has 0 rings (SSSR count). The number of ether oxygens (including phenoxy) is 3. The largest absolute Gasteiger partial charge is 0.462 e. The molecular formula is C57H94O6. The predicted molar refractivity (Wildman–Crippen MR) is 270 cm³/mol. The van der Waals surface area contributed by atoms with E-state index in [1.807, 2.05) is 0 Å². The number of rotatable bonds is 45. The molecule has 0 aliphatic carbocycles. The van der Waals surface area contributed by atoms with Crippen LogP contribution in [0, 0.1) is 0 Å². The Hall–Kier alpha value is -3.67. The van der Waals surface area contributed by atoms with Crippen molar-refractivity contribution in [2.45, 2.75) is 232 Å². The summed E-state index contributed by atoms with van der Waals surface area (Å²) in [5.74, 6) is -0.923. The second-order valence-electron chi connectivity index (χ2n) is 16.7. The number of allylic oxidation sites excluding steroid dienone is 16. The van der Waals surface area contributed by atoms with Crippen molar-refractivity contribution >= 4 is 17.9 Å². The second kappa shape index (κ2) is 51.0. The molecule has 0 saturated heterocycles. The number of esters is 3. The smallest absolute Gasteiger partial charge is 0.306 e. The van der Waals surface area contributed by atoms with Gasteiger partial charge in [-0.2, -0.15) is 0 Å². The van der Waals surface area contributed by atoms with Crippen molar-refractivity contribution in [3.63, 3.8) is 0 Å². The van der Waals surface area contributed by atoms with Crippen LogP contribution in [0.2, 0.25) is 0 Å². The maximum atomic E-state index is 12.7. The highest BCUT2D eigenvalue weighted by Gasteiger charge is 2.19. The molecule has 63 heavy (non-hydrogen) atoms. The minimum atomic E-state index is -0.781. The molecule has 6 heteroatoms. The van der Waals surface area contributed by atoms with Crippen molar-refractivity contribution in [1.29, 1.82) is 0 Å². The summed E-state index contributed by atoms with van der Waals surface area (Å²) in [6.45, 7) is 6.37. The van der Waals surface area contributed by atoms with E-state index in [1.165, 1.54) is 57.8 Å². The summed E-state index contributed by atoms with van der Waals surface area (Å²) < 4.78 is 16.6. The average molecular weight is 875 g/mol. The van der Waals surface area contributed by atoms with Crippen LogP contribution >= 0.6 is 0 Å². The Morgan fingerprint density at radius 3 is 1.05 bits per heavy atom. The van der Waals surface area contributed by atoms with Gasteiger partial charge in [-0.3, -0.25) is 14.4 Å². The van der Waals surface area contributed by atoms with Gasteiger partial charge in [0.15, 0.2) is 6.10 Å². The van der Waals surface area contributed by atoms with Gasteiger partial charge >= 0.3 is 17.9 Å². The van der Waals surface area contributed by atoms with Gasteiger partial charge in [-0.15, -0.1) is 0 Å². The molecule has 1 unspecified atom stereocenters. The molecule has 0 N–H and O–H groups in total. The molecule has 0 amide bonds. The van der Waals surface area contributed by atoms with Gasteiger partial charge in [0.1, 0.15) is 13.2 Å². The Kier molecular flexibility index (Phi) is 48.0. The van der Waals surface area contributed by atoms with Gasteiger partial charge in [-0.05, 0) is 96.3 Å². The molecule has 0 aromatic heterocycles. The van der Waals surface area contributed by atoms with Crippen molar-refractivity contribution < 1.29 is 28.6 Å². The van der Waals surface area contributed by atoms with Crippen LogP contribution in [0.3, 0.4) is 0 Å². The third-order valence-electron chi connectivity index (χ3n) is 10.6. The first-order chi connectivity index (χ1) is 31.0. The molecular weight excluding hydrogens is 781 g/mol. The van der Waals surface area contributed by atoms with Crippen molar-refractivity contribution in [3.05, 3.63) is 97.2 Å². The first-order valence-electron chi connectivity index (χ1n) is 25.7. The van der Waals surface area contributed by atoms with E-state index in [4.69, 9.17) is 14.2 Å². The van der Waals surface area contributed by atoms with E-state index in [0.717, 1.165) is 128 Å². The van der Waals surface area contributed by atoms with Gasteiger partial charge in [0.2, 0.25) is 0 Å². The normalized spacial score (nSPS) is 12.9. The quantitative estimate of drug-likeness (QED) is 0.0262. The lowest BCUT2D eigenvalue weighted by Crippen LogP contribution is -2.30. The highest BCUT2D eigenvalue weighted by atomic mass is 16.6. The molecule has 1 atom stereocenters. The minimum absolute atomic E-state index is 0.0848. The highest BCUT2D eigenvalue weighted by molar-refractivity contribution is 5.71. The Bertz CT molecular complexity index is 1280. The van der Waals surface area contributed by atoms with Crippen LogP contribution in [0.15, 0.2) is 97.2 Å². The number of unbranched alkanes of at least 4 members (excludes halogenated alkanes) is 18. The zero-order valence-electron chi connectivity index (χ0n) is 40.8. The van der Waals surface area contributed by atoms with Gasteiger partial charge in [-0.1, -0.05) is 208 Å². The lowest BCUT2D eigenvalue weighted by molar-refractivity contribution is -0.167. The molecule has 0 aromatic carbocycles. The Labute approximate surface area is 387 Å². The van der Waals surface area contributed by atoms with Crippen LogP contribution in [0.1, 0.15) is 226 Å². The summed E-state index contributed by atoms with van der Waals surface area (Å²) >= 11 is 0. The summed E-state index contributed by atoms with van der Waals surface area (Å²) in [6.07, 6.45) is 67.2. The Morgan fingerprint density at radius 1 is 0.333 bits per heavy atom. The molecule has 6 nitrogen and oxygen atoms in total. The molecule has 0 bridgehead atoms. The molecule has 0 aliphatic heterocycles. The molecule has 0 aromatic rings. The zero-order chi connectivity index (χ0) is 45.8. The van der Waals surface area contributed by atoms with Gasteiger partial charge in [0, 0.05) is 19.3 Å². The lowest BCUT2D eigenvalue weighted by atomic mass is 10.1. The fourth-order valence-electron chi connectivity index (χ4n) is 6.72. The molecule has 0 fully saturated rings. The fourth-order valence-corrected chi connectivity index (χ4v) is 6.72. The topological polar surface area (TPSA) is 78.9 Å². The molecule has 0 spiro atoms. The molecule has 0 heterocycles. The average Bonchev–Trinajstić information content (AvgIpc) is 3.28. The summed E-state index contributed by atoms with van der Waals surface area (Å²) in [6, 6.07) is 0. The van der Waals surface area contributed by atoms with E-state index in [2.05, 4.69) is 118 Å². The van der Waals surface area contributed by atoms with Gasteiger partial charge in [-0.25, -0.2) is 0 Å². The number of carbonyl (C=O) groups excluding carboxylic acids is 3. The second-order valence-corrected chi connectivity index (χ2v) is 16.7. The maximum absolute atomic E-state index is 12.7. The zero-order valence-corrected chi connectivity index (χ0v) is 40.8. The van der Waals surface area contributed by atoms with E-state index in [0.29, 0.717) is 19.3 Å². The van der Waals surface area contributed by atoms with E-state index in [9.17, 15) is 14.4 Å². The van der Waals surface area contributed by atoms with E-state index < -0.39 is 6.10 Å². The van der Waals surface area contributed by atoms with Crippen LogP contribution in [0.25, 0.3) is 0 Å². The van der Waals surface area contributed by atoms with Crippen molar-refractivity contribution in [2.24, 2.45) is 0 Å². The first kappa shape index (κ1) is 59.3. The standard InChI is InChI=1S/C57H94O6/c1-4-7-10-13-16-18-20-21-22-23-24-25-26-27-28-29-30-31-32-33-34-35-36-37-38-40-41-44-47-50-56(59)62-53-54(52-61-55(58)49-46-43-15-12-9-6-3)63-57(60)51-48-45-42-39-19-17-14-11-8-5-2/h7,10-11,14,16,18,21-22,24-25,27-28,30-31,33-34,54H,4-6,8-9,12-13,15,17,19-20,23,26,29,32,35-53H2,1-3H3/b10-7-,14-11-,18-16-,22-21-,25-24-,28-27-,31-30-,34-33-. The molecule has 0 saturated carbocycles. The van der Waals surface area contributed by atoms with Crippen molar-refractivity contribution in [3.8, 4) is 0 Å². The number of hydrogen-bond acceptors (Lipinski definition) is 6. The maximum Gasteiger partial charge on any atom is 0.306 e.